The average Bonchev–Trinajstić information content (AvgIpc) is 1.53. The lowest BCUT2D eigenvalue weighted by molar-refractivity contribution is 0.280. The Labute approximate surface area is 785 Å². The largest absolute Gasteiger partial charge is 0.456 e. The summed E-state index contributed by atoms with van der Waals surface area (Å²) in [4.78, 5) is 57.0. The Bertz CT molecular complexity index is 8460. The summed E-state index contributed by atoms with van der Waals surface area (Å²) in [5, 5.41) is 6.64. The number of furan rings is 3. The van der Waals surface area contributed by atoms with Gasteiger partial charge in [-0.3, -0.25) is 15.0 Å². The lowest BCUT2D eigenvalue weighted by Gasteiger charge is -2.40. The van der Waals surface area contributed by atoms with Crippen molar-refractivity contribution in [1.82, 2.24) is 59.8 Å². The third-order valence-electron chi connectivity index (χ3n) is 27.8. The van der Waals surface area contributed by atoms with Gasteiger partial charge in [-0.05, 0) is 216 Å². The molecular formula is C121H88N12O3. The first-order valence-corrected chi connectivity index (χ1v) is 46.2. The number of hydrogen-bond acceptors (Lipinski definition) is 15. The zero-order valence-electron chi connectivity index (χ0n) is 76.0. The molecule has 3 aliphatic carbocycles. The molecule has 15 heteroatoms. The number of benzene rings is 14. The van der Waals surface area contributed by atoms with Crippen molar-refractivity contribution < 1.29 is 13.3 Å². The molecule has 0 fully saturated rings. The second-order valence-corrected chi connectivity index (χ2v) is 37.0. The molecule has 14 aromatic carbocycles. The van der Waals surface area contributed by atoms with Crippen LogP contribution in [0.15, 0.2) is 390 Å². The highest BCUT2D eigenvalue weighted by Crippen LogP contribution is 2.59. The van der Waals surface area contributed by atoms with E-state index >= 15 is 0 Å². The topological polar surface area (TPSA) is 194 Å². The van der Waals surface area contributed by atoms with Gasteiger partial charge in [-0.2, -0.15) is 0 Å². The van der Waals surface area contributed by atoms with Crippen molar-refractivity contribution in [1.29, 1.82) is 0 Å². The quantitative estimate of drug-likeness (QED) is 0.106. The molecule has 0 radical (unpaired) electrons. The molecule has 0 atom stereocenters. The van der Waals surface area contributed by atoms with Gasteiger partial charge in [-0.25, -0.2) is 44.9 Å². The number of hydrogen-bond donors (Lipinski definition) is 0. The van der Waals surface area contributed by atoms with Gasteiger partial charge in [-0.15, -0.1) is 0 Å². The lowest BCUT2D eigenvalue weighted by Crippen LogP contribution is -2.37. The van der Waals surface area contributed by atoms with Crippen LogP contribution >= 0.6 is 0 Å². The van der Waals surface area contributed by atoms with Crippen LogP contribution in [-0.4, -0.2) is 59.8 Å². The van der Waals surface area contributed by atoms with E-state index in [4.69, 9.17) is 58.1 Å². The van der Waals surface area contributed by atoms with Gasteiger partial charge in [0.25, 0.3) is 0 Å². The highest BCUT2D eigenvalue weighted by atomic mass is 16.3. The normalized spacial score (nSPS) is 13.3. The molecule has 15 nitrogen and oxygen atoms in total. The molecule has 9 aromatic heterocycles. The maximum Gasteiger partial charge on any atom is 0.182 e. The van der Waals surface area contributed by atoms with Gasteiger partial charge < -0.3 is 13.3 Å². The summed E-state index contributed by atoms with van der Waals surface area (Å²) in [7, 11) is 0. The molecule has 23 aromatic rings. The van der Waals surface area contributed by atoms with E-state index in [-0.39, 0.29) is 16.2 Å². The van der Waals surface area contributed by atoms with Gasteiger partial charge in [0.15, 0.2) is 52.4 Å². The van der Waals surface area contributed by atoms with E-state index in [1.54, 1.807) is 18.6 Å². The van der Waals surface area contributed by atoms with Crippen molar-refractivity contribution in [3.63, 3.8) is 0 Å². The first kappa shape index (κ1) is 82.1. The molecule has 9 heterocycles. The van der Waals surface area contributed by atoms with Crippen molar-refractivity contribution in [3.05, 3.63) is 410 Å². The molecule has 0 spiro atoms. The van der Waals surface area contributed by atoms with Crippen LogP contribution in [0.25, 0.3) is 224 Å². The van der Waals surface area contributed by atoms with Gasteiger partial charge >= 0.3 is 0 Å². The molecule has 136 heavy (non-hydrogen) atoms. The van der Waals surface area contributed by atoms with Crippen molar-refractivity contribution >= 4 is 65.8 Å². The van der Waals surface area contributed by atoms with E-state index < -0.39 is 0 Å². The fraction of sp³-hybridized carbons (Fsp3) is 0.107. The van der Waals surface area contributed by atoms with Crippen molar-refractivity contribution in [2.75, 3.05) is 0 Å². The van der Waals surface area contributed by atoms with Crippen LogP contribution < -0.4 is 0 Å². The van der Waals surface area contributed by atoms with Gasteiger partial charge in [0.1, 0.15) is 50.6 Å². The van der Waals surface area contributed by atoms with Gasteiger partial charge in [0, 0.05) is 101 Å². The second kappa shape index (κ2) is 32.8. The monoisotopic (exact) mass is 1760 g/mol. The van der Waals surface area contributed by atoms with Crippen molar-refractivity contribution in [3.8, 4) is 159 Å². The Morgan fingerprint density at radius 3 is 0.801 bits per heavy atom. The van der Waals surface area contributed by atoms with E-state index in [1.165, 1.54) is 66.8 Å². The fourth-order valence-electron chi connectivity index (χ4n) is 21.1. The summed E-state index contributed by atoms with van der Waals surface area (Å²) < 4.78 is 19.3. The summed E-state index contributed by atoms with van der Waals surface area (Å²) in [5.74, 6) is 6.15. The maximum absolute atomic E-state index is 6.56. The molecule has 650 valence electrons. The van der Waals surface area contributed by atoms with Crippen LogP contribution in [0.5, 0.6) is 0 Å². The van der Waals surface area contributed by atoms with E-state index in [0.29, 0.717) is 81.3 Å². The minimum Gasteiger partial charge on any atom is -0.456 e. The molecule has 0 bridgehead atoms. The third-order valence-corrected chi connectivity index (χ3v) is 27.8. The molecule has 0 saturated carbocycles. The van der Waals surface area contributed by atoms with E-state index in [2.05, 4.69) is 271 Å². The summed E-state index contributed by atoms with van der Waals surface area (Å²) in [5.41, 5.74) is 33.2. The number of pyridine rings is 3. The number of aromatic nitrogens is 12. The van der Waals surface area contributed by atoms with Crippen LogP contribution in [0.3, 0.4) is 0 Å². The first-order chi connectivity index (χ1) is 66.5. The predicted molar refractivity (Wildman–Crippen MR) is 546 cm³/mol. The summed E-state index contributed by atoms with van der Waals surface area (Å²) in [6.07, 6.45) is 5.23. The Morgan fingerprint density at radius 2 is 0.449 bits per heavy atom. The van der Waals surface area contributed by atoms with Crippen molar-refractivity contribution in [2.24, 2.45) is 11.8 Å². The molecule has 0 saturated heterocycles. The van der Waals surface area contributed by atoms with Crippen LogP contribution in [0, 0.1) is 11.8 Å². The number of nitrogens with zero attached hydrogens (tertiary/aromatic N) is 12. The molecule has 26 rings (SSSR count). The molecular weight excluding hydrogens is 1670 g/mol. The molecule has 0 N–H and O–H groups in total. The second-order valence-electron chi connectivity index (χ2n) is 37.0. The Morgan fingerprint density at radius 1 is 0.191 bits per heavy atom. The zero-order valence-corrected chi connectivity index (χ0v) is 76.0. The van der Waals surface area contributed by atoms with Crippen molar-refractivity contribution in [2.45, 2.75) is 71.6 Å². The Kier molecular flexibility index (Phi) is 19.8. The van der Waals surface area contributed by atoms with Gasteiger partial charge in [0.2, 0.25) is 0 Å². The number of rotatable bonds is 13. The molecule has 0 aliphatic heterocycles. The summed E-state index contributed by atoms with van der Waals surface area (Å²) in [6, 6.07) is 123. The third kappa shape index (κ3) is 14.0. The smallest absolute Gasteiger partial charge is 0.182 e. The van der Waals surface area contributed by atoms with Crippen LogP contribution in [0.2, 0.25) is 0 Å². The van der Waals surface area contributed by atoms with E-state index in [0.717, 1.165) is 121 Å². The lowest BCUT2D eigenvalue weighted by atomic mass is 9.63. The SMILES string of the molecule is CC(C)C1(C(C)C)c2ccccc2-c2cc3c(cc21)oc1ccc(-c2ccc(-c4nc(-c5ccccc5)nc(-c5ccccn5)n4)cc2)cc13.CC1(C)c2ccccc2-c2cc3c(cc21)oc1ccc(-c2ccc(-c4nc(-c5ccccc5)nc(-c5ccccc5)n4)cc2)cc13.CC1(C)c2ccccc2-c2cc3c(cc21)oc1ccc(-c2nc(-c4ccccn4)nc(-c4ccccn4)n2)cc13. The Balaban J connectivity index is 0.000000112. The predicted octanol–water partition coefficient (Wildman–Crippen LogP) is 30.0. The average molecular weight is 1760 g/mol. The molecule has 0 amide bonds. The number of fused-ring (bicyclic) bond motifs is 18. The highest BCUT2D eigenvalue weighted by Gasteiger charge is 2.48. The summed E-state index contributed by atoms with van der Waals surface area (Å²) in [6.45, 7) is 18.6. The molecule has 0 unspecified atom stereocenters. The van der Waals surface area contributed by atoms with Gasteiger partial charge in [0.05, 0.1) is 0 Å². The Hall–Kier alpha value is -17.0. The minimum absolute atomic E-state index is 0.0613. The maximum atomic E-state index is 6.56. The standard InChI is InChI=1S/C45H36N4O.C42H29N3O.C34H23N5O/c1-27(2)45(28(3)4)37-15-9-8-14-33(37)34-25-36-35-24-32(21-22-40(35)50-41(36)26-38(34)45)29-17-19-31(20-18-29)43-47-42(30-12-6-5-7-13-30)48-44(49-43)39-16-10-11-23-46-39;1-42(2)35-16-10-9-15-31(35)32-24-34-33-23-30(21-22-37(33)46-38(34)25-36(32)42)26-17-19-29(20-18-26)41-44-39(27-11-5-3-6-12-27)43-40(45-41)28-13-7-4-8-14-28;1-34(2)25-10-4-3-9-21(25)22-18-24-23-17-20(13-14-29(23)40-30(24)19-26(22)34)31-37-32(27-11-5-7-15-35-27)39-33(38-31)28-12-6-8-16-36-28/h5-28H,1-4H3;3-25H,1-2H3;3-19H,1-2H3. The van der Waals surface area contributed by atoms with E-state index in [1.807, 2.05) is 158 Å². The van der Waals surface area contributed by atoms with Crippen LogP contribution in [0.4, 0.5) is 0 Å². The fourth-order valence-corrected chi connectivity index (χ4v) is 21.1. The summed E-state index contributed by atoms with van der Waals surface area (Å²) >= 11 is 0. The minimum atomic E-state index is -0.0844. The molecule has 3 aliphatic rings. The van der Waals surface area contributed by atoms with Crippen LogP contribution in [0.1, 0.15) is 88.8 Å². The highest BCUT2D eigenvalue weighted by molar-refractivity contribution is 6.12. The van der Waals surface area contributed by atoms with Crippen LogP contribution in [-0.2, 0) is 16.2 Å². The first-order valence-electron chi connectivity index (χ1n) is 46.2. The van der Waals surface area contributed by atoms with Gasteiger partial charge in [-0.1, -0.05) is 298 Å². The zero-order chi connectivity index (χ0) is 91.7. The van der Waals surface area contributed by atoms with E-state index in [9.17, 15) is 0 Å².